The van der Waals surface area contributed by atoms with Crippen LogP contribution in [0.2, 0.25) is 10.0 Å². The summed E-state index contributed by atoms with van der Waals surface area (Å²) in [6, 6.07) is 15.5. The van der Waals surface area contributed by atoms with E-state index in [1.165, 1.54) is 23.8 Å². The number of fused-ring (bicyclic) bond motifs is 1. The molecule has 39 heavy (non-hydrogen) atoms. The molecular formula is C28H26Cl2N4O5. The van der Waals surface area contributed by atoms with Crippen molar-refractivity contribution < 1.29 is 14.3 Å². The zero-order valence-corrected chi connectivity index (χ0v) is 23.2. The Hall–Kier alpha value is -4.08. The van der Waals surface area contributed by atoms with Gasteiger partial charge >= 0.3 is 11.7 Å². The van der Waals surface area contributed by atoms with E-state index in [1.54, 1.807) is 49.5 Å². The van der Waals surface area contributed by atoms with Gasteiger partial charge in [-0.3, -0.25) is 14.2 Å². The van der Waals surface area contributed by atoms with Crippen LogP contribution in [-0.4, -0.2) is 48.3 Å². The Balaban J connectivity index is 1.66. The molecule has 0 unspecified atom stereocenters. The number of halogens is 2. The highest BCUT2D eigenvalue weighted by Gasteiger charge is 2.25. The summed E-state index contributed by atoms with van der Waals surface area (Å²) in [5.74, 6) is -1.28. The van der Waals surface area contributed by atoms with Gasteiger partial charge in [0.1, 0.15) is 6.04 Å². The molecule has 0 radical (unpaired) electrons. The van der Waals surface area contributed by atoms with Crippen LogP contribution in [-0.2, 0) is 23.0 Å². The molecule has 3 aromatic carbocycles. The topological polar surface area (TPSA) is 103 Å². The fourth-order valence-electron chi connectivity index (χ4n) is 4.25. The largest absolute Gasteiger partial charge is 0.467 e. The van der Waals surface area contributed by atoms with Crippen LogP contribution in [0.5, 0.6) is 0 Å². The summed E-state index contributed by atoms with van der Waals surface area (Å²) in [5, 5.41) is 3.32. The van der Waals surface area contributed by atoms with Crippen molar-refractivity contribution in [2.24, 2.45) is 7.05 Å². The number of methoxy groups -OCH3 is 1. The van der Waals surface area contributed by atoms with Crippen LogP contribution < -0.4 is 21.5 Å². The number of benzene rings is 3. The van der Waals surface area contributed by atoms with Crippen molar-refractivity contribution in [3.05, 3.63) is 103 Å². The molecule has 0 bridgehead atoms. The van der Waals surface area contributed by atoms with Gasteiger partial charge in [-0.05, 0) is 48.0 Å². The Morgan fingerprint density at radius 1 is 1.00 bits per heavy atom. The number of esters is 1. The number of carbonyl (C=O) groups is 2. The number of hydrogen-bond acceptors (Lipinski definition) is 6. The fourth-order valence-corrected chi connectivity index (χ4v) is 4.82. The quantitative estimate of drug-likeness (QED) is 0.342. The number of nitrogens with one attached hydrogen (secondary N) is 1. The summed E-state index contributed by atoms with van der Waals surface area (Å²) in [6.07, 6.45) is 0.0809. The Kier molecular flexibility index (Phi) is 8.13. The van der Waals surface area contributed by atoms with E-state index in [9.17, 15) is 19.2 Å². The van der Waals surface area contributed by atoms with Crippen LogP contribution in [0.25, 0.3) is 16.6 Å². The molecule has 0 aliphatic rings. The predicted molar refractivity (Wildman–Crippen MR) is 153 cm³/mol. The van der Waals surface area contributed by atoms with Gasteiger partial charge in [0.2, 0.25) is 0 Å². The summed E-state index contributed by atoms with van der Waals surface area (Å²) in [5.41, 5.74) is 1.49. The first-order valence-corrected chi connectivity index (χ1v) is 12.6. The molecule has 1 N–H and O–H groups in total. The lowest BCUT2D eigenvalue weighted by molar-refractivity contribution is -0.142. The first-order valence-electron chi connectivity index (χ1n) is 11.9. The lowest BCUT2D eigenvalue weighted by atomic mass is 10.0. The Bertz CT molecular complexity index is 1670. The number of anilines is 1. The Labute approximate surface area is 234 Å². The molecule has 0 fully saturated rings. The van der Waals surface area contributed by atoms with Crippen LogP contribution >= 0.6 is 23.2 Å². The van der Waals surface area contributed by atoms with Crippen LogP contribution in [0, 0.1) is 0 Å². The van der Waals surface area contributed by atoms with Crippen molar-refractivity contribution in [3.8, 4) is 5.69 Å². The smallest absolute Gasteiger partial charge is 0.335 e. The van der Waals surface area contributed by atoms with Crippen LogP contribution in [0.1, 0.15) is 15.9 Å². The van der Waals surface area contributed by atoms with E-state index in [0.29, 0.717) is 22.2 Å². The molecule has 9 nitrogen and oxygen atoms in total. The number of aryl methyl sites for hydroxylation is 1. The summed E-state index contributed by atoms with van der Waals surface area (Å²) >= 11 is 12.3. The number of ether oxygens (including phenoxy) is 1. The number of amides is 1. The third kappa shape index (κ3) is 5.55. The van der Waals surface area contributed by atoms with Crippen molar-refractivity contribution in [1.29, 1.82) is 0 Å². The van der Waals surface area contributed by atoms with E-state index in [-0.39, 0.29) is 22.0 Å². The van der Waals surface area contributed by atoms with Gasteiger partial charge in [0.25, 0.3) is 11.5 Å². The molecule has 0 spiro atoms. The van der Waals surface area contributed by atoms with Gasteiger partial charge in [0.05, 0.1) is 39.3 Å². The molecule has 0 saturated heterocycles. The molecule has 0 aliphatic carbocycles. The molecule has 1 heterocycles. The number of rotatable bonds is 7. The van der Waals surface area contributed by atoms with Gasteiger partial charge < -0.3 is 15.0 Å². The number of carbonyl (C=O) groups excluding carboxylic acids is 2. The van der Waals surface area contributed by atoms with E-state index >= 15 is 0 Å². The molecule has 4 aromatic rings. The van der Waals surface area contributed by atoms with Gasteiger partial charge in [-0.1, -0.05) is 41.4 Å². The SMILES string of the molecule is COC(=O)[C@@H](Cc1ccc(-n2c(=O)c3cc(N(C)C)ccc3n(C)c2=O)cc1)NC(=O)c1c(Cl)cccc1Cl. The van der Waals surface area contributed by atoms with Gasteiger partial charge in [-0.15, -0.1) is 0 Å². The maximum atomic E-state index is 13.4. The van der Waals surface area contributed by atoms with Gasteiger partial charge in [0.15, 0.2) is 0 Å². The maximum Gasteiger partial charge on any atom is 0.335 e. The van der Waals surface area contributed by atoms with E-state index in [0.717, 1.165) is 10.3 Å². The van der Waals surface area contributed by atoms with Crippen molar-refractivity contribution in [2.75, 3.05) is 26.1 Å². The second kappa shape index (κ2) is 11.3. The molecule has 1 aromatic heterocycles. The van der Waals surface area contributed by atoms with Crippen LogP contribution in [0.3, 0.4) is 0 Å². The van der Waals surface area contributed by atoms with Crippen molar-refractivity contribution in [3.63, 3.8) is 0 Å². The molecule has 0 aliphatic heterocycles. The number of nitrogens with zero attached hydrogens (tertiary/aromatic N) is 3. The van der Waals surface area contributed by atoms with E-state index < -0.39 is 29.2 Å². The van der Waals surface area contributed by atoms with Crippen molar-refractivity contribution in [2.45, 2.75) is 12.5 Å². The average Bonchev–Trinajstić information content (AvgIpc) is 2.91. The van der Waals surface area contributed by atoms with E-state index in [1.807, 2.05) is 25.1 Å². The molecular weight excluding hydrogens is 543 g/mol. The second-order valence-electron chi connectivity index (χ2n) is 9.09. The second-order valence-corrected chi connectivity index (χ2v) is 9.91. The normalized spacial score (nSPS) is 11.7. The van der Waals surface area contributed by atoms with Crippen molar-refractivity contribution in [1.82, 2.24) is 14.5 Å². The van der Waals surface area contributed by atoms with Gasteiger partial charge in [-0.2, -0.15) is 0 Å². The van der Waals surface area contributed by atoms with E-state index in [4.69, 9.17) is 27.9 Å². The highest BCUT2D eigenvalue weighted by Crippen LogP contribution is 2.24. The van der Waals surface area contributed by atoms with Crippen LogP contribution in [0.15, 0.2) is 70.3 Å². The summed E-state index contributed by atoms with van der Waals surface area (Å²) in [7, 11) is 6.57. The summed E-state index contributed by atoms with van der Waals surface area (Å²) < 4.78 is 7.40. The number of hydrogen-bond donors (Lipinski definition) is 1. The Morgan fingerprint density at radius 3 is 2.23 bits per heavy atom. The average molecular weight is 569 g/mol. The van der Waals surface area contributed by atoms with Gasteiger partial charge in [-0.25, -0.2) is 14.2 Å². The third-order valence-corrected chi connectivity index (χ3v) is 7.01. The molecule has 1 atom stereocenters. The highest BCUT2D eigenvalue weighted by atomic mass is 35.5. The first-order chi connectivity index (χ1) is 18.5. The molecule has 4 rings (SSSR count). The van der Waals surface area contributed by atoms with Crippen LogP contribution in [0.4, 0.5) is 5.69 Å². The predicted octanol–water partition coefficient (Wildman–Crippen LogP) is 3.58. The molecule has 0 saturated carbocycles. The van der Waals surface area contributed by atoms with Crippen molar-refractivity contribution >= 4 is 51.7 Å². The molecule has 11 heteroatoms. The monoisotopic (exact) mass is 568 g/mol. The van der Waals surface area contributed by atoms with Gasteiger partial charge in [0, 0.05) is 33.3 Å². The number of aromatic nitrogens is 2. The highest BCUT2D eigenvalue weighted by molar-refractivity contribution is 6.39. The summed E-state index contributed by atoms with van der Waals surface area (Å²) in [4.78, 5) is 53.7. The fraction of sp³-hybridized carbons (Fsp3) is 0.214. The zero-order chi connectivity index (χ0) is 28.4. The standard InChI is InChI=1S/C28H26Cl2N4O5/c1-32(2)18-12-13-23-19(15-18)26(36)34(28(38)33(23)3)17-10-8-16(9-11-17)14-22(27(37)39-4)31-25(35)24-20(29)6-5-7-21(24)30/h5-13,15,22H,14H2,1-4H3,(H,31,35)/t22-/m1/s1. The minimum Gasteiger partial charge on any atom is -0.467 e. The lowest BCUT2D eigenvalue weighted by Crippen LogP contribution is -2.43. The zero-order valence-electron chi connectivity index (χ0n) is 21.7. The minimum atomic E-state index is -1.04. The van der Waals surface area contributed by atoms with E-state index in [2.05, 4.69) is 5.32 Å². The third-order valence-electron chi connectivity index (χ3n) is 6.38. The lowest BCUT2D eigenvalue weighted by Gasteiger charge is -2.18. The first kappa shape index (κ1) is 27.9. The molecule has 202 valence electrons. The maximum absolute atomic E-state index is 13.4. The summed E-state index contributed by atoms with van der Waals surface area (Å²) in [6.45, 7) is 0. The Morgan fingerprint density at radius 2 is 1.64 bits per heavy atom. The molecule has 1 amide bonds. The minimum absolute atomic E-state index is 0.0500.